The highest BCUT2D eigenvalue weighted by atomic mass is 16.2. The van der Waals surface area contributed by atoms with Crippen LogP contribution in [-0.2, 0) is 17.9 Å². The van der Waals surface area contributed by atoms with E-state index < -0.39 is 0 Å². The molecule has 0 fully saturated rings. The average molecular weight is 218 g/mol. The van der Waals surface area contributed by atoms with Crippen LogP contribution in [0.3, 0.4) is 0 Å². The van der Waals surface area contributed by atoms with E-state index in [1.807, 2.05) is 18.7 Å². The van der Waals surface area contributed by atoms with E-state index in [9.17, 15) is 4.79 Å². The second kappa shape index (κ2) is 4.26. The van der Waals surface area contributed by atoms with Gasteiger partial charge in [0.05, 0.1) is 0 Å². The summed E-state index contributed by atoms with van der Waals surface area (Å²) >= 11 is 0. The fraction of sp³-hybridized carbons (Fsp3) is 0.462. The van der Waals surface area contributed by atoms with Crippen LogP contribution in [-0.4, -0.2) is 10.8 Å². The zero-order chi connectivity index (χ0) is 11.7. The number of hydrogen-bond acceptors (Lipinski definition) is 2. The first-order chi connectivity index (χ1) is 7.61. The molecule has 0 bridgehead atoms. The zero-order valence-electron chi connectivity index (χ0n) is 9.86. The molecule has 3 heteroatoms. The summed E-state index contributed by atoms with van der Waals surface area (Å²) in [6, 6.07) is 6.34. The van der Waals surface area contributed by atoms with Gasteiger partial charge in [0.2, 0.25) is 5.91 Å². The average Bonchev–Trinajstić information content (AvgIpc) is 2.70. The summed E-state index contributed by atoms with van der Waals surface area (Å²) in [7, 11) is 0. The third kappa shape index (κ3) is 1.95. The van der Waals surface area contributed by atoms with Crippen molar-refractivity contribution in [2.45, 2.75) is 39.4 Å². The largest absolute Gasteiger partial charge is 0.334 e. The standard InChI is InChI=1S/C13H18N2O/c1-3-13(16)15-7-11-5-4-10(9(2)14)6-12(11)8-15/h4-6,9H,3,7-8,14H2,1-2H3. The zero-order valence-corrected chi connectivity index (χ0v) is 9.86. The van der Waals surface area contributed by atoms with Gasteiger partial charge in [0, 0.05) is 25.6 Å². The summed E-state index contributed by atoms with van der Waals surface area (Å²) in [5, 5.41) is 0. The summed E-state index contributed by atoms with van der Waals surface area (Å²) in [5.41, 5.74) is 9.49. The van der Waals surface area contributed by atoms with Gasteiger partial charge in [-0.15, -0.1) is 0 Å². The highest BCUT2D eigenvalue weighted by Gasteiger charge is 2.22. The number of nitrogens with two attached hydrogens (primary N) is 1. The van der Waals surface area contributed by atoms with Crippen LogP contribution in [0.5, 0.6) is 0 Å². The van der Waals surface area contributed by atoms with Crippen molar-refractivity contribution in [3.05, 3.63) is 34.9 Å². The van der Waals surface area contributed by atoms with Crippen molar-refractivity contribution in [1.29, 1.82) is 0 Å². The molecule has 3 nitrogen and oxygen atoms in total. The van der Waals surface area contributed by atoms with Gasteiger partial charge in [0.25, 0.3) is 0 Å². The molecule has 0 spiro atoms. The molecule has 0 saturated carbocycles. The Bertz CT molecular complexity index is 412. The smallest absolute Gasteiger partial charge is 0.222 e. The highest BCUT2D eigenvalue weighted by molar-refractivity contribution is 5.76. The van der Waals surface area contributed by atoms with E-state index in [0.717, 1.165) is 18.7 Å². The van der Waals surface area contributed by atoms with Crippen molar-refractivity contribution in [2.75, 3.05) is 0 Å². The first-order valence-electron chi connectivity index (χ1n) is 5.77. The number of benzene rings is 1. The Kier molecular flexibility index (Phi) is 2.97. The van der Waals surface area contributed by atoms with E-state index in [1.165, 1.54) is 11.1 Å². The number of amides is 1. The van der Waals surface area contributed by atoms with Crippen LogP contribution < -0.4 is 5.73 Å². The maximum Gasteiger partial charge on any atom is 0.222 e. The van der Waals surface area contributed by atoms with Crippen molar-refractivity contribution in [1.82, 2.24) is 4.90 Å². The van der Waals surface area contributed by atoms with Gasteiger partial charge in [-0.1, -0.05) is 25.1 Å². The third-order valence-electron chi connectivity index (χ3n) is 3.13. The molecule has 0 radical (unpaired) electrons. The van der Waals surface area contributed by atoms with Gasteiger partial charge in [-0.25, -0.2) is 0 Å². The van der Waals surface area contributed by atoms with Crippen LogP contribution in [0.4, 0.5) is 0 Å². The SMILES string of the molecule is CCC(=O)N1Cc2ccc(C(C)N)cc2C1. The van der Waals surface area contributed by atoms with Crippen LogP contribution in [0.15, 0.2) is 18.2 Å². The van der Waals surface area contributed by atoms with Crippen LogP contribution in [0.1, 0.15) is 43.0 Å². The van der Waals surface area contributed by atoms with Crippen molar-refractivity contribution >= 4 is 5.91 Å². The lowest BCUT2D eigenvalue weighted by Crippen LogP contribution is -2.23. The minimum absolute atomic E-state index is 0.0567. The molecule has 1 atom stereocenters. The summed E-state index contributed by atoms with van der Waals surface area (Å²) in [5.74, 6) is 0.221. The molecule has 0 aliphatic carbocycles. The summed E-state index contributed by atoms with van der Waals surface area (Å²) < 4.78 is 0. The molecule has 1 unspecified atom stereocenters. The van der Waals surface area contributed by atoms with Gasteiger partial charge >= 0.3 is 0 Å². The predicted molar refractivity (Wildman–Crippen MR) is 63.6 cm³/mol. The Balaban J connectivity index is 2.21. The monoisotopic (exact) mass is 218 g/mol. The molecule has 1 aromatic carbocycles. The van der Waals surface area contributed by atoms with Crippen molar-refractivity contribution < 1.29 is 4.79 Å². The summed E-state index contributed by atoms with van der Waals surface area (Å²) in [6.45, 7) is 5.37. The first kappa shape index (κ1) is 11.1. The summed E-state index contributed by atoms with van der Waals surface area (Å²) in [4.78, 5) is 13.5. The topological polar surface area (TPSA) is 46.3 Å². The van der Waals surface area contributed by atoms with E-state index in [1.54, 1.807) is 0 Å². The van der Waals surface area contributed by atoms with Gasteiger partial charge < -0.3 is 10.6 Å². The van der Waals surface area contributed by atoms with E-state index in [-0.39, 0.29) is 11.9 Å². The molecule has 1 aliphatic heterocycles. The number of rotatable bonds is 2. The number of nitrogens with zero attached hydrogens (tertiary/aromatic N) is 1. The Morgan fingerprint density at radius 2 is 2.12 bits per heavy atom. The Hall–Kier alpha value is -1.35. The lowest BCUT2D eigenvalue weighted by molar-refractivity contribution is -0.131. The quantitative estimate of drug-likeness (QED) is 0.824. The highest BCUT2D eigenvalue weighted by Crippen LogP contribution is 2.25. The Labute approximate surface area is 96.2 Å². The lowest BCUT2D eigenvalue weighted by Gasteiger charge is -2.13. The van der Waals surface area contributed by atoms with Crippen LogP contribution >= 0.6 is 0 Å². The van der Waals surface area contributed by atoms with Gasteiger partial charge in [0.1, 0.15) is 0 Å². The number of carbonyl (C=O) groups is 1. The van der Waals surface area contributed by atoms with Crippen molar-refractivity contribution in [3.8, 4) is 0 Å². The van der Waals surface area contributed by atoms with Gasteiger partial charge in [0.15, 0.2) is 0 Å². The molecule has 0 aromatic heterocycles. The molecule has 1 heterocycles. The Morgan fingerprint density at radius 3 is 2.75 bits per heavy atom. The molecular weight excluding hydrogens is 200 g/mol. The number of carbonyl (C=O) groups excluding carboxylic acids is 1. The number of hydrogen-bond donors (Lipinski definition) is 1. The minimum atomic E-state index is 0.0567. The molecule has 2 rings (SSSR count). The normalized spacial score (nSPS) is 16.1. The van der Waals surface area contributed by atoms with Crippen molar-refractivity contribution in [3.63, 3.8) is 0 Å². The fourth-order valence-electron chi connectivity index (χ4n) is 2.10. The predicted octanol–water partition coefficient (Wildman–Crippen LogP) is 1.96. The maximum atomic E-state index is 11.6. The minimum Gasteiger partial charge on any atom is -0.334 e. The number of fused-ring (bicyclic) bond motifs is 1. The van der Waals surface area contributed by atoms with Crippen LogP contribution in [0.25, 0.3) is 0 Å². The van der Waals surface area contributed by atoms with E-state index >= 15 is 0 Å². The third-order valence-corrected chi connectivity index (χ3v) is 3.13. The molecule has 1 amide bonds. The Morgan fingerprint density at radius 1 is 1.44 bits per heavy atom. The summed E-state index contributed by atoms with van der Waals surface area (Å²) in [6.07, 6.45) is 0.578. The first-order valence-corrected chi connectivity index (χ1v) is 5.77. The van der Waals surface area contributed by atoms with Gasteiger partial charge in [-0.2, -0.15) is 0 Å². The molecule has 2 N–H and O–H groups in total. The molecule has 86 valence electrons. The maximum absolute atomic E-state index is 11.6. The van der Waals surface area contributed by atoms with E-state index in [4.69, 9.17) is 5.73 Å². The van der Waals surface area contributed by atoms with Crippen LogP contribution in [0.2, 0.25) is 0 Å². The molecule has 0 saturated heterocycles. The van der Waals surface area contributed by atoms with Gasteiger partial charge in [-0.05, 0) is 23.6 Å². The fourth-order valence-corrected chi connectivity index (χ4v) is 2.10. The molecule has 1 aromatic rings. The molecule has 1 aliphatic rings. The lowest BCUT2D eigenvalue weighted by atomic mass is 10.0. The van der Waals surface area contributed by atoms with Crippen LogP contribution in [0, 0.1) is 0 Å². The van der Waals surface area contributed by atoms with E-state index in [0.29, 0.717) is 6.42 Å². The van der Waals surface area contributed by atoms with E-state index in [2.05, 4.69) is 18.2 Å². The van der Waals surface area contributed by atoms with Gasteiger partial charge in [-0.3, -0.25) is 4.79 Å². The second-order valence-corrected chi connectivity index (χ2v) is 4.42. The molecule has 16 heavy (non-hydrogen) atoms. The van der Waals surface area contributed by atoms with Crippen molar-refractivity contribution in [2.24, 2.45) is 5.73 Å². The molecular formula is C13H18N2O. The second-order valence-electron chi connectivity index (χ2n) is 4.42.